The molecule has 0 atom stereocenters. The van der Waals surface area contributed by atoms with Crippen LogP contribution in [0, 0.1) is 5.92 Å². The lowest BCUT2D eigenvalue weighted by molar-refractivity contribution is 0.0690. The molecular formula is C11H15N3O2. The highest BCUT2D eigenvalue weighted by atomic mass is 16.4. The standard InChI is InChI=1S/C11H15N3O2/c1-8-2-4-14(5-3-8)10-6-9(11(15)16)12-7-13-10/h6-8H,2-5H2,1H3,(H,15,16). The van der Waals surface area contributed by atoms with Crippen molar-refractivity contribution in [1.29, 1.82) is 0 Å². The van der Waals surface area contributed by atoms with Crippen LogP contribution in [0.4, 0.5) is 5.82 Å². The van der Waals surface area contributed by atoms with E-state index in [9.17, 15) is 4.79 Å². The van der Waals surface area contributed by atoms with Gasteiger partial charge in [0.2, 0.25) is 0 Å². The molecule has 0 amide bonds. The van der Waals surface area contributed by atoms with E-state index in [-0.39, 0.29) is 5.69 Å². The maximum absolute atomic E-state index is 10.8. The molecule has 0 radical (unpaired) electrons. The predicted octanol–water partition coefficient (Wildman–Crippen LogP) is 1.41. The van der Waals surface area contributed by atoms with Crippen LogP contribution >= 0.6 is 0 Å². The first kappa shape index (κ1) is 10.9. The molecule has 1 saturated heterocycles. The molecule has 1 aromatic rings. The van der Waals surface area contributed by atoms with Gasteiger partial charge in [-0.1, -0.05) is 6.92 Å². The number of aromatic carboxylic acids is 1. The van der Waals surface area contributed by atoms with Crippen molar-refractivity contribution in [2.24, 2.45) is 5.92 Å². The van der Waals surface area contributed by atoms with Crippen molar-refractivity contribution in [3.8, 4) is 0 Å². The Morgan fingerprint density at radius 2 is 2.12 bits per heavy atom. The SMILES string of the molecule is CC1CCN(c2cc(C(=O)O)ncn2)CC1. The van der Waals surface area contributed by atoms with E-state index in [1.807, 2.05) is 0 Å². The summed E-state index contributed by atoms with van der Waals surface area (Å²) in [5.74, 6) is 0.463. The lowest BCUT2D eigenvalue weighted by atomic mass is 9.99. The van der Waals surface area contributed by atoms with Gasteiger partial charge in [-0.05, 0) is 18.8 Å². The fourth-order valence-corrected chi connectivity index (χ4v) is 1.87. The van der Waals surface area contributed by atoms with Crippen molar-refractivity contribution in [3.63, 3.8) is 0 Å². The molecule has 5 heteroatoms. The largest absolute Gasteiger partial charge is 0.477 e. The van der Waals surface area contributed by atoms with E-state index >= 15 is 0 Å². The highest BCUT2D eigenvalue weighted by Gasteiger charge is 2.18. The van der Waals surface area contributed by atoms with E-state index in [1.54, 1.807) is 6.07 Å². The van der Waals surface area contributed by atoms with Crippen LogP contribution in [0.5, 0.6) is 0 Å². The molecule has 1 N–H and O–H groups in total. The summed E-state index contributed by atoms with van der Waals surface area (Å²) < 4.78 is 0. The Labute approximate surface area is 94.1 Å². The summed E-state index contributed by atoms with van der Waals surface area (Å²) >= 11 is 0. The smallest absolute Gasteiger partial charge is 0.354 e. The molecular weight excluding hydrogens is 206 g/mol. The zero-order valence-electron chi connectivity index (χ0n) is 9.26. The van der Waals surface area contributed by atoms with Crippen LogP contribution in [-0.4, -0.2) is 34.1 Å². The molecule has 1 aliphatic heterocycles. The second kappa shape index (κ2) is 4.47. The van der Waals surface area contributed by atoms with Crippen LogP contribution in [0.2, 0.25) is 0 Å². The second-order valence-electron chi connectivity index (χ2n) is 4.24. The normalized spacial score (nSPS) is 17.4. The van der Waals surface area contributed by atoms with Crippen LogP contribution in [0.1, 0.15) is 30.3 Å². The highest BCUT2D eigenvalue weighted by Crippen LogP contribution is 2.21. The first-order chi connectivity index (χ1) is 7.66. The predicted molar refractivity (Wildman–Crippen MR) is 59.6 cm³/mol. The molecule has 5 nitrogen and oxygen atoms in total. The number of anilines is 1. The third kappa shape index (κ3) is 2.29. The van der Waals surface area contributed by atoms with Crippen LogP contribution in [-0.2, 0) is 0 Å². The molecule has 1 aromatic heterocycles. The molecule has 2 heterocycles. The quantitative estimate of drug-likeness (QED) is 0.817. The van der Waals surface area contributed by atoms with Gasteiger partial charge in [-0.15, -0.1) is 0 Å². The van der Waals surface area contributed by atoms with Crippen molar-refractivity contribution < 1.29 is 9.90 Å². The van der Waals surface area contributed by atoms with Crippen molar-refractivity contribution in [2.45, 2.75) is 19.8 Å². The minimum atomic E-state index is -1.01. The average molecular weight is 221 g/mol. The Morgan fingerprint density at radius 1 is 1.44 bits per heavy atom. The third-order valence-electron chi connectivity index (χ3n) is 2.98. The van der Waals surface area contributed by atoms with Crippen LogP contribution in [0.3, 0.4) is 0 Å². The molecule has 16 heavy (non-hydrogen) atoms. The third-order valence-corrected chi connectivity index (χ3v) is 2.98. The van der Waals surface area contributed by atoms with Gasteiger partial charge >= 0.3 is 5.97 Å². The number of piperidine rings is 1. The summed E-state index contributed by atoms with van der Waals surface area (Å²) in [7, 11) is 0. The van der Waals surface area contributed by atoms with Crippen molar-refractivity contribution in [1.82, 2.24) is 9.97 Å². The van der Waals surface area contributed by atoms with E-state index in [1.165, 1.54) is 6.33 Å². The molecule has 86 valence electrons. The number of aromatic nitrogens is 2. The molecule has 0 aromatic carbocycles. The minimum Gasteiger partial charge on any atom is -0.477 e. The van der Waals surface area contributed by atoms with Crippen molar-refractivity contribution >= 4 is 11.8 Å². The van der Waals surface area contributed by atoms with Gasteiger partial charge in [-0.25, -0.2) is 14.8 Å². The fourth-order valence-electron chi connectivity index (χ4n) is 1.87. The summed E-state index contributed by atoms with van der Waals surface area (Å²) in [5, 5.41) is 8.84. The van der Waals surface area contributed by atoms with E-state index in [4.69, 9.17) is 5.11 Å². The Balaban J connectivity index is 2.14. The number of hydrogen-bond donors (Lipinski definition) is 1. The number of nitrogens with zero attached hydrogens (tertiary/aromatic N) is 3. The van der Waals surface area contributed by atoms with Gasteiger partial charge in [-0.3, -0.25) is 0 Å². The van der Waals surface area contributed by atoms with E-state index in [0.717, 1.165) is 37.7 Å². The summed E-state index contributed by atoms with van der Waals surface area (Å²) in [5.41, 5.74) is 0.0589. The number of hydrogen-bond acceptors (Lipinski definition) is 4. The lowest BCUT2D eigenvalue weighted by Gasteiger charge is -2.31. The molecule has 0 unspecified atom stereocenters. The Hall–Kier alpha value is -1.65. The minimum absolute atomic E-state index is 0.0589. The van der Waals surface area contributed by atoms with Gasteiger partial charge in [-0.2, -0.15) is 0 Å². The van der Waals surface area contributed by atoms with E-state index in [2.05, 4.69) is 21.8 Å². The van der Waals surface area contributed by atoms with Crippen molar-refractivity contribution in [2.75, 3.05) is 18.0 Å². The molecule has 0 bridgehead atoms. The Morgan fingerprint density at radius 3 is 2.75 bits per heavy atom. The van der Waals surface area contributed by atoms with Crippen LogP contribution in [0.25, 0.3) is 0 Å². The summed E-state index contributed by atoms with van der Waals surface area (Å²) in [6, 6.07) is 1.54. The molecule has 2 rings (SSSR count). The molecule has 0 spiro atoms. The zero-order chi connectivity index (χ0) is 11.5. The Kier molecular flexibility index (Phi) is 3.03. The van der Waals surface area contributed by atoms with Gasteiger partial charge < -0.3 is 10.0 Å². The van der Waals surface area contributed by atoms with Gasteiger partial charge in [0.25, 0.3) is 0 Å². The van der Waals surface area contributed by atoms with E-state index in [0.29, 0.717) is 0 Å². The maximum atomic E-state index is 10.8. The number of carboxylic acids is 1. The fraction of sp³-hybridized carbons (Fsp3) is 0.545. The average Bonchev–Trinajstić information content (AvgIpc) is 2.30. The molecule has 1 aliphatic rings. The molecule has 0 aliphatic carbocycles. The van der Waals surface area contributed by atoms with Gasteiger partial charge in [0.15, 0.2) is 5.69 Å². The summed E-state index contributed by atoms with van der Waals surface area (Å²) in [6.45, 7) is 4.12. The van der Waals surface area contributed by atoms with Gasteiger partial charge in [0, 0.05) is 19.2 Å². The summed E-state index contributed by atoms with van der Waals surface area (Å²) in [4.78, 5) is 20.7. The topological polar surface area (TPSA) is 66.3 Å². The number of carboxylic acid groups (broad SMARTS) is 1. The lowest BCUT2D eigenvalue weighted by Crippen LogP contribution is -2.33. The zero-order valence-corrected chi connectivity index (χ0v) is 9.26. The molecule has 1 fully saturated rings. The first-order valence-electron chi connectivity index (χ1n) is 5.47. The van der Waals surface area contributed by atoms with E-state index < -0.39 is 5.97 Å². The van der Waals surface area contributed by atoms with Crippen molar-refractivity contribution in [3.05, 3.63) is 18.1 Å². The first-order valence-corrected chi connectivity index (χ1v) is 5.47. The van der Waals surface area contributed by atoms with Gasteiger partial charge in [0.1, 0.15) is 12.1 Å². The number of carbonyl (C=O) groups is 1. The highest BCUT2D eigenvalue weighted by molar-refractivity contribution is 5.86. The molecule has 0 saturated carbocycles. The monoisotopic (exact) mass is 221 g/mol. The summed E-state index contributed by atoms with van der Waals surface area (Å²) in [6.07, 6.45) is 3.58. The van der Waals surface area contributed by atoms with Crippen LogP contribution in [0.15, 0.2) is 12.4 Å². The second-order valence-corrected chi connectivity index (χ2v) is 4.24. The Bertz CT molecular complexity index is 387. The number of rotatable bonds is 2. The van der Waals surface area contributed by atoms with Crippen LogP contribution < -0.4 is 4.90 Å². The maximum Gasteiger partial charge on any atom is 0.354 e. The van der Waals surface area contributed by atoms with Gasteiger partial charge in [0.05, 0.1) is 0 Å².